The minimum atomic E-state index is -0.417. The molecule has 4 nitrogen and oxygen atoms in total. The first-order chi connectivity index (χ1) is 8.10. The van der Waals surface area contributed by atoms with Gasteiger partial charge in [-0.15, -0.1) is 0 Å². The molecule has 4 heteroatoms. The highest BCUT2D eigenvalue weighted by Gasteiger charge is 2.44. The Balaban J connectivity index is 2.07. The zero-order valence-corrected chi connectivity index (χ0v) is 10.9. The lowest BCUT2D eigenvalue weighted by atomic mass is 9.81. The standard InChI is InChI=1S/C13H24N2O2/c1-3-13(6-4-5-7-13)12(17)15(2)10-8-14-9-11(10)16/h10-11,14,16H,3-9H2,1-2H3/t10-,11-/m1/s1. The fraction of sp³-hybridized carbons (Fsp3) is 0.923. The molecule has 0 aromatic carbocycles. The van der Waals surface area contributed by atoms with Gasteiger partial charge in [-0.05, 0) is 19.3 Å². The molecule has 98 valence electrons. The molecule has 1 amide bonds. The molecule has 2 fully saturated rings. The van der Waals surface area contributed by atoms with Crippen molar-refractivity contribution in [3.63, 3.8) is 0 Å². The molecular formula is C13H24N2O2. The number of aliphatic hydroxyl groups is 1. The van der Waals surface area contributed by atoms with Crippen LogP contribution in [0.1, 0.15) is 39.0 Å². The van der Waals surface area contributed by atoms with Crippen LogP contribution in [0.2, 0.25) is 0 Å². The molecule has 1 heterocycles. The Morgan fingerprint density at radius 3 is 2.53 bits per heavy atom. The number of aliphatic hydroxyl groups excluding tert-OH is 1. The zero-order chi connectivity index (χ0) is 12.5. The van der Waals surface area contributed by atoms with E-state index in [-0.39, 0.29) is 17.4 Å². The molecule has 2 atom stereocenters. The van der Waals surface area contributed by atoms with E-state index in [2.05, 4.69) is 12.2 Å². The largest absolute Gasteiger partial charge is 0.390 e. The van der Waals surface area contributed by atoms with E-state index in [9.17, 15) is 9.90 Å². The van der Waals surface area contributed by atoms with Crippen molar-refractivity contribution in [1.82, 2.24) is 10.2 Å². The van der Waals surface area contributed by atoms with Crippen molar-refractivity contribution in [2.45, 2.75) is 51.2 Å². The first-order valence-corrected chi connectivity index (χ1v) is 6.77. The lowest BCUT2D eigenvalue weighted by Gasteiger charge is -2.35. The van der Waals surface area contributed by atoms with Crippen LogP contribution in [0.15, 0.2) is 0 Å². The molecule has 1 aliphatic carbocycles. The summed E-state index contributed by atoms with van der Waals surface area (Å²) in [4.78, 5) is 14.4. The third kappa shape index (κ3) is 2.20. The maximum Gasteiger partial charge on any atom is 0.228 e. The number of hydrogen-bond donors (Lipinski definition) is 2. The van der Waals surface area contributed by atoms with E-state index in [1.807, 2.05) is 7.05 Å². The van der Waals surface area contributed by atoms with Crippen LogP contribution in [0.25, 0.3) is 0 Å². The van der Waals surface area contributed by atoms with E-state index in [4.69, 9.17) is 0 Å². The van der Waals surface area contributed by atoms with Crippen molar-refractivity contribution in [2.75, 3.05) is 20.1 Å². The highest BCUT2D eigenvalue weighted by molar-refractivity contribution is 5.83. The number of β-amino-alcohol motifs (C(OH)–C–C–N with tert-alkyl or cyclic N) is 1. The lowest BCUT2D eigenvalue weighted by molar-refractivity contribution is -0.144. The van der Waals surface area contributed by atoms with Crippen molar-refractivity contribution in [3.8, 4) is 0 Å². The molecule has 2 rings (SSSR count). The van der Waals surface area contributed by atoms with Crippen molar-refractivity contribution in [3.05, 3.63) is 0 Å². The number of carbonyl (C=O) groups excluding carboxylic acids is 1. The molecule has 0 bridgehead atoms. The summed E-state index contributed by atoms with van der Waals surface area (Å²) in [5.74, 6) is 0.241. The Bertz CT molecular complexity index is 287. The summed E-state index contributed by atoms with van der Waals surface area (Å²) >= 11 is 0. The summed E-state index contributed by atoms with van der Waals surface area (Å²) in [7, 11) is 1.85. The molecule has 17 heavy (non-hydrogen) atoms. The highest BCUT2D eigenvalue weighted by atomic mass is 16.3. The molecular weight excluding hydrogens is 216 g/mol. The SMILES string of the molecule is CCC1(C(=O)N(C)[C@@H]2CNC[C@H]2O)CCCC1. The van der Waals surface area contributed by atoms with Gasteiger partial charge in [0.2, 0.25) is 5.91 Å². The van der Waals surface area contributed by atoms with Crippen LogP contribution >= 0.6 is 0 Å². The van der Waals surface area contributed by atoms with E-state index in [0.29, 0.717) is 13.1 Å². The average molecular weight is 240 g/mol. The van der Waals surface area contributed by atoms with Crippen LogP contribution in [0.4, 0.5) is 0 Å². The summed E-state index contributed by atoms with van der Waals surface area (Å²) < 4.78 is 0. The van der Waals surface area contributed by atoms with Crippen molar-refractivity contribution < 1.29 is 9.90 Å². The summed E-state index contributed by atoms with van der Waals surface area (Å²) in [5, 5.41) is 13.0. The van der Waals surface area contributed by atoms with Gasteiger partial charge in [-0.3, -0.25) is 4.79 Å². The minimum Gasteiger partial charge on any atom is -0.390 e. The van der Waals surface area contributed by atoms with Crippen molar-refractivity contribution in [1.29, 1.82) is 0 Å². The van der Waals surface area contributed by atoms with E-state index in [0.717, 1.165) is 19.3 Å². The maximum atomic E-state index is 12.6. The van der Waals surface area contributed by atoms with E-state index < -0.39 is 6.10 Å². The van der Waals surface area contributed by atoms with E-state index in [1.54, 1.807) is 4.90 Å². The molecule has 0 radical (unpaired) electrons. The second-order valence-corrected chi connectivity index (χ2v) is 5.55. The van der Waals surface area contributed by atoms with Crippen LogP contribution < -0.4 is 5.32 Å². The second-order valence-electron chi connectivity index (χ2n) is 5.55. The number of carbonyl (C=O) groups is 1. The van der Waals surface area contributed by atoms with Gasteiger partial charge in [0.1, 0.15) is 0 Å². The number of nitrogens with one attached hydrogen (secondary N) is 1. The topological polar surface area (TPSA) is 52.6 Å². The fourth-order valence-electron chi connectivity index (χ4n) is 3.34. The predicted octanol–water partition coefficient (Wildman–Crippen LogP) is 0.748. The molecule has 0 aromatic rings. The van der Waals surface area contributed by atoms with E-state index in [1.165, 1.54) is 12.8 Å². The molecule has 0 aromatic heterocycles. The molecule has 1 aliphatic heterocycles. The van der Waals surface area contributed by atoms with Gasteiger partial charge in [0.15, 0.2) is 0 Å². The second kappa shape index (κ2) is 4.94. The smallest absolute Gasteiger partial charge is 0.228 e. The molecule has 0 unspecified atom stereocenters. The lowest BCUT2D eigenvalue weighted by Crippen LogP contribution is -2.49. The summed E-state index contributed by atoms with van der Waals surface area (Å²) in [6.45, 7) is 3.42. The van der Waals surface area contributed by atoms with Gasteiger partial charge < -0.3 is 15.3 Å². The number of nitrogens with zero attached hydrogens (tertiary/aromatic N) is 1. The third-order valence-corrected chi connectivity index (χ3v) is 4.66. The predicted molar refractivity (Wildman–Crippen MR) is 66.6 cm³/mol. The minimum absolute atomic E-state index is 0.0495. The number of hydrogen-bond acceptors (Lipinski definition) is 3. The Kier molecular flexibility index (Phi) is 3.73. The van der Waals surface area contributed by atoms with E-state index >= 15 is 0 Å². The van der Waals surface area contributed by atoms with Gasteiger partial charge in [0, 0.05) is 25.6 Å². The number of likely N-dealkylation sites (N-methyl/N-ethyl adjacent to an activating group) is 1. The first kappa shape index (κ1) is 12.8. The summed E-state index contributed by atoms with van der Waals surface area (Å²) in [6.07, 6.45) is 4.87. The molecule has 2 N–H and O–H groups in total. The van der Waals surface area contributed by atoms with Gasteiger partial charge in [-0.25, -0.2) is 0 Å². The van der Waals surface area contributed by atoms with Crippen LogP contribution in [0, 0.1) is 5.41 Å². The third-order valence-electron chi connectivity index (χ3n) is 4.66. The van der Waals surface area contributed by atoms with Gasteiger partial charge >= 0.3 is 0 Å². The quantitative estimate of drug-likeness (QED) is 0.765. The Hall–Kier alpha value is -0.610. The Morgan fingerprint density at radius 2 is 2.06 bits per heavy atom. The Morgan fingerprint density at radius 1 is 1.41 bits per heavy atom. The fourth-order valence-corrected chi connectivity index (χ4v) is 3.34. The average Bonchev–Trinajstić information content (AvgIpc) is 2.96. The zero-order valence-electron chi connectivity index (χ0n) is 10.9. The Labute approximate surface area is 103 Å². The molecule has 0 spiro atoms. The van der Waals surface area contributed by atoms with Crippen molar-refractivity contribution in [2.24, 2.45) is 5.41 Å². The van der Waals surface area contributed by atoms with Crippen LogP contribution in [-0.2, 0) is 4.79 Å². The van der Waals surface area contributed by atoms with Crippen LogP contribution in [0.5, 0.6) is 0 Å². The van der Waals surface area contributed by atoms with Gasteiger partial charge in [0.05, 0.1) is 12.1 Å². The number of amides is 1. The van der Waals surface area contributed by atoms with Crippen LogP contribution in [0.3, 0.4) is 0 Å². The van der Waals surface area contributed by atoms with Gasteiger partial charge in [-0.2, -0.15) is 0 Å². The summed E-state index contributed by atoms with van der Waals surface area (Å²) in [5.41, 5.74) is -0.142. The highest BCUT2D eigenvalue weighted by Crippen LogP contribution is 2.42. The number of rotatable bonds is 3. The first-order valence-electron chi connectivity index (χ1n) is 6.77. The summed E-state index contributed by atoms with van der Waals surface area (Å²) in [6, 6.07) is -0.0495. The molecule has 1 saturated heterocycles. The van der Waals surface area contributed by atoms with Gasteiger partial charge in [0.25, 0.3) is 0 Å². The van der Waals surface area contributed by atoms with Gasteiger partial charge in [-0.1, -0.05) is 19.8 Å². The molecule has 2 aliphatic rings. The monoisotopic (exact) mass is 240 g/mol. The van der Waals surface area contributed by atoms with Crippen LogP contribution in [-0.4, -0.2) is 48.2 Å². The van der Waals surface area contributed by atoms with Crippen molar-refractivity contribution >= 4 is 5.91 Å². The normalized spacial score (nSPS) is 31.7. The molecule has 1 saturated carbocycles. The maximum absolute atomic E-state index is 12.6.